The van der Waals surface area contributed by atoms with Gasteiger partial charge >= 0.3 is 0 Å². The summed E-state index contributed by atoms with van der Waals surface area (Å²) in [7, 11) is 0. The van der Waals surface area contributed by atoms with E-state index < -0.39 is 0 Å². The molecule has 0 aromatic carbocycles. The summed E-state index contributed by atoms with van der Waals surface area (Å²) in [6.07, 6.45) is 2.67. The van der Waals surface area contributed by atoms with Gasteiger partial charge in [-0.3, -0.25) is 4.90 Å². The van der Waals surface area contributed by atoms with Crippen LogP contribution < -0.4 is 0 Å². The fourth-order valence-electron chi connectivity index (χ4n) is 2.10. The molecule has 1 fully saturated rings. The van der Waals surface area contributed by atoms with E-state index in [0.717, 1.165) is 32.5 Å². The summed E-state index contributed by atoms with van der Waals surface area (Å²) in [4.78, 5) is 3.93. The van der Waals surface area contributed by atoms with Gasteiger partial charge in [0.05, 0.1) is 12.7 Å². The molecule has 1 aliphatic heterocycles. The topological polar surface area (TPSA) is 12.5 Å². The first kappa shape index (κ1) is 13.8. The number of alkyl halides is 1. The Kier molecular flexibility index (Phi) is 5.77. The number of hydrogen-bond donors (Lipinski definition) is 0. The summed E-state index contributed by atoms with van der Waals surface area (Å²) in [5, 5.41) is 2.14. The third-order valence-corrected chi connectivity index (χ3v) is 4.80. The average Bonchev–Trinajstić information content (AvgIpc) is 2.74. The van der Waals surface area contributed by atoms with Crippen LogP contribution in [0.4, 0.5) is 0 Å². The van der Waals surface area contributed by atoms with Crippen LogP contribution in [0, 0.1) is 0 Å². The maximum atomic E-state index is 5.67. The van der Waals surface area contributed by atoms with Crippen molar-refractivity contribution >= 4 is 38.9 Å². The molecule has 1 aromatic heterocycles. The number of hydrogen-bond acceptors (Lipinski definition) is 3. The summed E-state index contributed by atoms with van der Waals surface area (Å²) in [5.41, 5.74) is 0. The minimum atomic E-state index is 0.417. The lowest BCUT2D eigenvalue weighted by Gasteiger charge is -2.31. The molecule has 2 heterocycles. The van der Waals surface area contributed by atoms with Crippen LogP contribution in [0.15, 0.2) is 15.9 Å². The Morgan fingerprint density at radius 1 is 1.47 bits per heavy atom. The van der Waals surface area contributed by atoms with Crippen molar-refractivity contribution in [3.05, 3.63) is 20.8 Å². The molecule has 1 aliphatic rings. The molecule has 0 aliphatic carbocycles. The Labute approximate surface area is 120 Å². The van der Waals surface area contributed by atoms with E-state index in [0.29, 0.717) is 18.6 Å². The predicted molar refractivity (Wildman–Crippen MR) is 77.0 cm³/mol. The van der Waals surface area contributed by atoms with Gasteiger partial charge in [-0.15, -0.1) is 22.9 Å². The maximum absolute atomic E-state index is 5.67. The zero-order valence-corrected chi connectivity index (χ0v) is 12.9. The first-order valence-electron chi connectivity index (χ1n) is 5.91. The Balaban J connectivity index is 1.72. The van der Waals surface area contributed by atoms with Gasteiger partial charge in [0.25, 0.3) is 0 Å². The first-order valence-corrected chi connectivity index (χ1v) is 8.11. The van der Waals surface area contributed by atoms with Crippen LogP contribution in [0.5, 0.6) is 0 Å². The van der Waals surface area contributed by atoms with E-state index in [9.17, 15) is 0 Å². The normalized spacial score (nSPS) is 18.7. The first-order chi connectivity index (χ1) is 8.28. The van der Waals surface area contributed by atoms with E-state index in [1.54, 1.807) is 0 Å². The minimum absolute atomic E-state index is 0.417. The van der Waals surface area contributed by atoms with E-state index in [4.69, 9.17) is 16.3 Å². The Hall–Kier alpha value is 0.390. The lowest BCUT2D eigenvalue weighted by molar-refractivity contribution is 0.0137. The van der Waals surface area contributed by atoms with E-state index >= 15 is 0 Å². The van der Waals surface area contributed by atoms with Gasteiger partial charge < -0.3 is 4.74 Å². The molecule has 2 rings (SSSR count). The zero-order valence-electron chi connectivity index (χ0n) is 9.70. The van der Waals surface area contributed by atoms with Crippen LogP contribution in [0.3, 0.4) is 0 Å². The molecule has 5 heteroatoms. The van der Waals surface area contributed by atoms with Crippen LogP contribution in [0.2, 0.25) is 0 Å². The van der Waals surface area contributed by atoms with Gasteiger partial charge in [0.1, 0.15) is 0 Å². The molecule has 0 radical (unpaired) electrons. The minimum Gasteiger partial charge on any atom is -0.377 e. The van der Waals surface area contributed by atoms with E-state index in [2.05, 4.69) is 32.3 Å². The second kappa shape index (κ2) is 7.10. The Morgan fingerprint density at radius 2 is 2.24 bits per heavy atom. The number of piperidine rings is 1. The number of likely N-dealkylation sites (tertiary alicyclic amines) is 1. The average molecular weight is 339 g/mol. The molecule has 0 atom stereocenters. The number of nitrogens with zero attached hydrogens (tertiary/aromatic N) is 1. The van der Waals surface area contributed by atoms with Crippen molar-refractivity contribution in [2.75, 3.05) is 25.6 Å². The highest BCUT2D eigenvalue weighted by atomic mass is 79.9. The molecule has 0 N–H and O–H groups in total. The van der Waals surface area contributed by atoms with Gasteiger partial charge in [-0.05, 0) is 34.8 Å². The second-order valence-corrected chi connectivity index (χ2v) is 6.56. The van der Waals surface area contributed by atoms with E-state index in [1.807, 2.05) is 11.3 Å². The van der Waals surface area contributed by atoms with E-state index in [-0.39, 0.29) is 0 Å². The number of halogens is 2. The van der Waals surface area contributed by atoms with Gasteiger partial charge in [0.15, 0.2) is 0 Å². The highest BCUT2D eigenvalue weighted by molar-refractivity contribution is 9.10. The Bertz CT molecular complexity index is 339. The van der Waals surface area contributed by atoms with Gasteiger partial charge in [0.2, 0.25) is 0 Å². The van der Waals surface area contributed by atoms with E-state index in [1.165, 1.54) is 9.35 Å². The fraction of sp³-hybridized carbons (Fsp3) is 0.667. The molecule has 1 saturated heterocycles. The number of rotatable bonds is 5. The SMILES string of the molecule is ClCCOC1CCN(Cc2cc(Br)cs2)CC1. The highest BCUT2D eigenvalue weighted by Gasteiger charge is 2.19. The molecule has 0 saturated carbocycles. The zero-order chi connectivity index (χ0) is 12.1. The summed E-state index contributed by atoms with van der Waals surface area (Å²) in [6, 6.07) is 2.21. The molecule has 0 spiro atoms. The number of ether oxygens (including phenoxy) is 1. The van der Waals surface area contributed by atoms with Crippen LogP contribution in [0.1, 0.15) is 17.7 Å². The molecule has 96 valence electrons. The van der Waals surface area contributed by atoms with Gasteiger partial charge in [-0.1, -0.05) is 0 Å². The van der Waals surface area contributed by atoms with Crippen molar-refractivity contribution in [2.24, 2.45) is 0 Å². The molecular weight excluding hydrogens is 322 g/mol. The monoisotopic (exact) mass is 337 g/mol. The van der Waals surface area contributed by atoms with Gasteiger partial charge in [-0.2, -0.15) is 0 Å². The van der Waals surface area contributed by atoms with Crippen molar-refractivity contribution in [2.45, 2.75) is 25.5 Å². The molecule has 17 heavy (non-hydrogen) atoms. The summed E-state index contributed by atoms with van der Waals surface area (Å²) >= 11 is 10.9. The Morgan fingerprint density at radius 3 is 2.82 bits per heavy atom. The van der Waals surface area contributed by atoms with Crippen LogP contribution in [-0.4, -0.2) is 36.6 Å². The van der Waals surface area contributed by atoms with Crippen molar-refractivity contribution in [3.8, 4) is 0 Å². The maximum Gasteiger partial charge on any atom is 0.0605 e. The molecule has 1 aromatic rings. The lowest BCUT2D eigenvalue weighted by atomic mass is 10.1. The summed E-state index contributed by atoms with van der Waals surface area (Å²) < 4.78 is 6.86. The standard InChI is InChI=1S/C12H17BrClNOS/c13-10-7-12(17-9-10)8-15-4-1-11(2-5-15)16-6-3-14/h7,9,11H,1-6,8H2. The molecule has 2 nitrogen and oxygen atoms in total. The fourth-order valence-corrected chi connectivity index (χ4v) is 3.68. The van der Waals surface area contributed by atoms with Crippen LogP contribution in [0.25, 0.3) is 0 Å². The van der Waals surface area contributed by atoms with Crippen LogP contribution >= 0.6 is 38.9 Å². The van der Waals surface area contributed by atoms with Gasteiger partial charge in [-0.25, -0.2) is 0 Å². The van der Waals surface area contributed by atoms with Crippen molar-refractivity contribution in [3.63, 3.8) is 0 Å². The molecular formula is C12H17BrClNOS. The highest BCUT2D eigenvalue weighted by Crippen LogP contribution is 2.23. The smallest absolute Gasteiger partial charge is 0.0605 e. The lowest BCUT2D eigenvalue weighted by Crippen LogP contribution is -2.36. The quantitative estimate of drug-likeness (QED) is 0.759. The van der Waals surface area contributed by atoms with Crippen molar-refractivity contribution < 1.29 is 4.74 Å². The van der Waals surface area contributed by atoms with Crippen molar-refractivity contribution in [1.29, 1.82) is 0 Å². The largest absolute Gasteiger partial charge is 0.377 e. The van der Waals surface area contributed by atoms with Gasteiger partial charge in [0, 0.05) is 40.2 Å². The second-order valence-electron chi connectivity index (χ2n) is 4.27. The molecule has 0 amide bonds. The number of thiophene rings is 1. The third-order valence-electron chi connectivity index (χ3n) is 2.97. The molecule has 0 unspecified atom stereocenters. The predicted octanol–water partition coefficient (Wildman–Crippen LogP) is 3.73. The summed E-state index contributed by atoms with van der Waals surface area (Å²) in [5.74, 6) is 0.601. The third kappa shape index (κ3) is 4.52. The summed E-state index contributed by atoms with van der Waals surface area (Å²) in [6.45, 7) is 4.01. The van der Waals surface area contributed by atoms with Crippen LogP contribution in [-0.2, 0) is 11.3 Å². The molecule has 0 bridgehead atoms. The van der Waals surface area contributed by atoms with Crippen molar-refractivity contribution in [1.82, 2.24) is 4.90 Å².